The average Bonchev–Trinajstić information content (AvgIpc) is 3.27. The molecule has 1 N–H and O–H groups in total. The molecule has 0 saturated carbocycles. The highest BCUT2D eigenvalue weighted by atomic mass is 32.2. The lowest BCUT2D eigenvalue weighted by Crippen LogP contribution is -2.59. The largest absolute Gasteiger partial charge is 0.492 e. The summed E-state index contributed by atoms with van der Waals surface area (Å²) in [5.74, 6) is -0.589. The van der Waals surface area contributed by atoms with E-state index in [2.05, 4.69) is 24.1 Å². The number of fused-ring (bicyclic) bond motifs is 2. The van der Waals surface area contributed by atoms with Crippen LogP contribution in [0.5, 0.6) is 5.75 Å². The molecule has 8 nitrogen and oxygen atoms in total. The van der Waals surface area contributed by atoms with Gasteiger partial charge in [-0.15, -0.1) is 0 Å². The van der Waals surface area contributed by atoms with E-state index < -0.39 is 50.3 Å². The van der Waals surface area contributed by atoms with Gasteiger partial charge in [0, 0.05) is 50.7 Å². The lowest BCUT2D eigenvalue weighted by Gasteiger charge is -2.44. The molecule has 0 aliphatic carbocycles. The molecule has 3 aliphatic rings. The van der Waals surface area contributed by atoms with Crippen molar-refractivity contribution in [2.24, 2.45) is 0 Å². The highest BCUT2D eigenvalue weighted by molar-refractivity contribution is 7.89. The molecule has 3 heterocycles. The highest BCUT2D eigenvalue weighted by Gasteiger charge is 2.48. The second-order valence-electron chi connectivity index (χ2n) is 10.5. The topological polar surface area (TPSA) is 88.2 Å². The molecule has 0 unspecified atom stereocenters. The lowest BCUT2D eigenvalue weighted by molar-refractivity contribution is -0.137. The van der Waals surface area contributed by atoms with Crippen LogP contribution in [0.3, 0.4) is 0 Å². The van der Waals surface area contributed by atoms with Gasteiger partial charge in [-0.2, -0.15) is 17.5 Å². The zero-order chi connectivity index (χ0) is 27.0. The van der Waals surface area contributed by atoms with Crippen LogP contribution in [-0.2, 0) is 25.7 Å². The average molecular weight is 548 g/mol. The van der Waals surface area contributed by atoms with E-state index in [1.54, 1.807) is 0 Å². The van der Waals surface area contributed by atoms with Crippen molar-refractivity contribution in [3.63, 3.8) is 0 Å². The Kier molecular flexibility index (Phi) is 8.14. The minimum Gasteiger partial charge on any atom is -0.492 e. The van der Waals surface area contributed by atoms with Crippen molar-refractivity contribution in [1.29, 1.82) is 0 Å². The number of carbonyl (C=O) groups is 1. The van der Waals surface area contributed by atoms with Gasteiger partial charge in [0.25, 0.3) is 0 Å². The number of nitrogens with one attached hydrogen (secondary N) is 1. The molecule has 4 rings (SSSR count). The summed E-state index contributed by atoms with van der Waals surface area (Å²) in [6.45, 7) is 7.99. The van der Waals surface area contributed by atoms with Crippen LogP contribution in [0.2, 0.25) is 0 Å². The second-order valence-corrected chi connectivity index (χ2v) is 12.3. The maximum absolute atomic E-state index is 13.8. The summed E-state index contributed by atoms with van der Waals surface area (Å²) in [5, 5.41) is 3.15. The van der Waals surface area contributed by atoms with Crippen molar-refractivity contribution in [2.45, 2.75) is 87.7 Å². The van der Waals surface area contributed by atoms with Crippen molar-refractivity contribution < 1.29 is 35.9 Å². The predicted molar refractivity (Wildman–Crippen MR) is 131 cm³/mol. The van der Waals surface area contributed by atoms with Gasteiger partial charge < -0.3 is 19.7 Å². The molecular weight excluding hydrogens is 511 g/mol. The van der Waals surface area contributed by atoms with E-state index in [1.165, 1.54) is 0 Å². The third-order valence-electron chi connectivity index (χ3n) is 7.65. The summed E-state index contributed by atoms with van der Waals surface area (Å²) >= 11 is 0. The Balaban J connectivity index is 1.75. The van der Waals surface area contributed by atoms with Gasteiger partial charge in [0.1, 0.15) is 16.7 Å². The number of benzene rings is 1. The first-order chi connectivity index (χ1) is 17.4. The van der Waals surface area contributed by atoms with Crippen LogP contribution in [0.4, 0.5) is 13.2 Å². The van der Waals surface area contributed by atoms with Crippen LogP contribution in [0.1, 0.15) is 58.4 Å². The number of ether oxygens (including phenoxy) is 2. The molecule has 3 aliphatic heterocycles. The molecule has 1 aromatic rings. The maximum atomic E-state index is 13.8. The number of hydrogen-bond donors (Lipinski definition) is 1. The number of piperidine rings is 1. The van der Waals surface area contributed by atoms with Crippen LogP contribution < -0.4 is 10.1 Å². The van der Waals surface area contributed by atoms with Gasteiger partial charge in [-0.05, 0) is 51.3 Å². The molecule has 1 amide bonds. The van der Waals surface area contributed by atoms with Gasteiger partial charge in [0.05, 0.1) is 18.3 Å². The Hall–Kier alpha value is -1.89. The van der Waals surface area contributed by atoms with Crippen molar-refractivity contribution in [2.75, 3.05) is 32.8 Å². The van der Waals surface area contributed by atoms with E-state index in [0.29, 0.717) is 44.4 Å². The normalized spacial score (nSPS) is 26.7. The molecule has 0 bridgehead atoms. The van der Waals surface area contributed by atoms with Crippen LogP contribution in [0.15, 0.2) is 23.1 Å². The van der Waals surface area contributed by atoms with Gasteiger partial charge in [-0.25, -0.2) is 8.42 Å². The monoisotopic (exact) mass is 547 g/mol. The summed E-state index contributed by atoms with van der Waals surface area (Å²) in [7, 11) is -4.51. The summed E-state index contributed by atoms with van der Waals surface area (Å²) < 4.78 is 80.8. The maximum Gasteiger partial charge on any atom is 0.416 e. The number of alkyl halides is 3. The van der Waals surface area contributed by atoms with Gasteiger partial charge in [0.15, 0.2) is 0 Å². The minimum atomic E-state index is -4.74. The summed E-state index contributed by atoms with van der Waals surface area (Å²) in [5.41, 5.74) is -1.69. The van der Waals surface area contributed by atoms with Gasteiger partial charge in [-0.3, -0.25) is 4.79 Å². The number of sulfonamides is 1. The van der Waals surface area contributed by atoms with Gasteiger partial charge in [0.2, 0.25) is 15.9 Å². The molecular formula is C25H36F3N3O5S. The smallest absolute Gasteiger partial charge is 0.416 e. The Labute approximate surface area is 216 Å². The summed E-state index contributed by atoms with van der Waals surface area (Å²) in [6, 6.07) is 1.76. The van der Waals surface area contributed by atoms with E-state index in [-0.39, 0.29) is 25.3 Å². The first kappa shape index (κ1) is 28.1. The van der Waals surface area contributed by atoms with Crippen LogP contribution in [-0.4, -0.2) is 80.1 Å². The van der Waals surface area contributed by atoms with Crippen molar-refractivity contribution in [3.05, 3.63) is 23.8 Å². The molecule has 1 spiro atoms. The fourth-order valence-corrected chi connectivity index (χ4v) is 7.21. The van der Waals surface area contributed by atoms with Crippen LogP contribution in [0.25, 0.3) is 0 Å². The molecule has 2 fully saturated rings. The molecule has 2 saturated heterocycles. The minimum absolute atomic E-state index is 0.0583. The predicted octanol–water partition coefficient (Wildman–Crippen LogP) is 3.41. The summed E-state index contributed by atoms with van der Waals surface area (Å²) in [6.07, 6.45) is -2.70. The molecule has 37 heavy (non-hydrogen) atoms. The Morgan fingerprint density at radius 1 is 1.22 bits per heavy atom. The number of halogens is 3. The third-order valence-corrected chi connectivity index (χ3v) is 9.54. The molecule has 0 aromatic heterocycles. The number of amides is 1. The number of hydrogen-bond acceptors (Lipinski definition) is 6. The van der Waals surface area contributed by atoms with E-state index in [0.717, 1.165) is 29.5 Å². The molecule has 0 radical (unpaired) electrons. The van der Waals surface area contributed by atoms with E-state index in [4.69, 9.17) is 9.47 Å². The SMILES string of the molecule is CCCO[C@@H]1C[C@H]2C(=O)NC3(CCOc4ccc(C(F)(F)F)cc4S(=O)(=O)N2C1)CCN(C(C)C)CC3. The number of rotatable bonds is 4. The number of nitrogens with zero attached hydrogens (tertiary/aromatic N) is 2. The van der Waals surface area contributed by atoms with Crippen LogP contribution >= 0.6 is 0 Å². The first-order valence-electron chi connectivity index (χ1n) is 12.9. The van der Waals surface area contributed by atoms with E-state index in [1.807, 2.05) is 6.92 Å². The zero-order valence-electron chi connectivity index (χ0n) is 21.5. The van der Waals surface area contributed by atoms with E-state index in [9.17, 15) is 26.4 Å². The molecule has 2 atom stereocenters. The van der Waals surface area contributed by atoms with Crippen molar-refractivity contribution in [3.8, 4) is 5.75 Å². The zero-order valence-corrected chi connectivity index (χ0v) is 22.3. The fraction of sp³-hybridized carbons (Fsp3) is 0.720. The number of likely N-dealkylation sites (tertiary alicyclic amines) is 1. The second kappa shape index (κ2) is 10.7. The van der Waals surface area contributed by atoms with Gasteiger partial charge >= 0.3 is 6.18 Å². The van der Waals surface area contributed by atoms with Crippen LogP contribution in [0, 0.1) is 0 Å². The molecule has 12 heteroatoms. The lowest BCUT2D eigenvalue weighted by atomic mass is 9.83. The highest BCUT2D eigenvalue weighted by Crippen LogP contribution is 2.39. The standard InChI is InChI=1S/C25H36F3N3O5S/c1-4-12-35-19-15-20-23(32)29-24(7-10-30(11-8-24)17(2)3)9-13-36-21-6-5-18(25(26,27)28)14-22(21)37(33,34)31(20)16-19/h5-6,14,17,19-20H,4,7-13,15-16H2,1-3H3,(H,29,32)/t19-,20+/m1/s1. The Morgan fingerprint density at radius 3 is 2.54 bits per heavy atom. The number of carbonyl (C=O) groups excluding carboxylic acids is 1. The third kappa shape index (κ3) is 5.91. The molecule has 1 aromatic carbocycles. The first-order valence-corrected chi connectivity index (χ1v) is 14.3. The molecule has 208 valence electrons. The Morgan fingerprint density at radius 2 is 1.92 bits per heavy atom. The van der Waals surface area contributed by atoms with Crippen molar-refractivity contribution in [1.82, 2.24) is 14.5 Å². The quantitative estimate of drug-likeness (QED) is 0.622. The fourth-order valence-electron chi connectivity index (χ4n) is 5.42. The Bertz CT molecular complexity index is 1090. The van der Waals surface area contributed by atoms with Crippen molar-refractivity contribution >= 4 is 15.9 Å². The summed E-state index contributed by atoms with van der Waals surface area (Å²) in [4.78, 5) is 15.4. The van der Waals surface area contributed by atoms with E-state index >= 15 is 0 Å². The van der Waals surface area contributed by atoms with Gasteiger partial charge in [-0.1, -0.05) is 6.92 Å².